The second kappa shape index (κ2) is 10.4. The quantitative estimate of drug-likeness (QED) is 0.336. The molecule has 5 rings (SSSR count). The van der Waals surface area contributed by atoms with E-state index in [1.54, 1.807) is 29.6 Å². The molecule has 1 aliphatic rings. The van der Waals surface area contributed by atoms with Crippen LogP contribution in [0.1, 0.15) is 16.2 Å². The van der Waals surface area contributed by atoms with Crippen molar-refractivity contribution in [2.24, 2.45) is 0 Å². The number of imidazole rings is 1. The van der Waals surface area contributed by atoms with E-state index in [-0.39, 0.29) is 17.5 Å². The van der Waals surface area contributed by atoms with Gasteiger partial charge in [0.15, 0.2) is 11.6 Å². The van der Waals surface area contributed by atoms with E-state index in [0.29, 0.717) is 26.3 Å². The van der Waals surface area contributed by atoms with Crippen LogP contribution in [0.25, 0.3) is 5.69 Å². The van der Waals surface area contributed by atoms with Crippen LogP contribution >= 0.6 is 0 Å². The molecule has 0 aliphatic carbocycles. The van der Waals surface area contributed by atoms with Gasteiger partial charge in [0.1, 0.15) is 5.69 Å². The minimum atomic E-state index is -0.538. The van der Waals surface area contributed by atoms with Gasteiger partial charge in [-0.05, 0) is 37.3 Å². The number of aromatic nitrogens is 5. The second-order valence-electron chi connectivity index (χ2n) is 8.07. The standard InChI is InChI=1S/C24H24FN9O2/c1-16-14-34(15-28-16)19-4-2-3-17(11-19)29-18-5-6-21(26-12-18)23(35)31-32-24-27-13-20(25)22(30-24)33-7-9-36-10-8-33/h2-6,11-15,29H,7-10H2,1H3,(H,31,35)(H,27,30,32). The number of rotatable bonds is 7. The predicted molar refractivity (Wildman–Crippen MR) is 132 cm³/mol. The van der Waals surface area contributed by atoms with Gasteiger partial charge in [-0.2, -0.15) is 4.98 Å². The molecular weight excluding hydrogens is 465 g/mol. The maximum Gasteiger partial charge on any atom is 0.288 e. The van der Waals surface area contributed by atoms with Gasteiger partial charge in [0.2, 0.25) is 5.95 Å². The number of carbonyl (C=O) groups excluding carboxylic acids is 1. The number of halogens is 1. The summed E-state index contributed by atoms with van der Waals surface area (Å²) in [6, 6.07) is 11.2. The van der Waals surface area contributed by atoms with Crippen LogP contribution in [0.5, 0.6) is 0 Å². The van der Waals surface area contributed by atoms with Crippen molar-refractivity contribution in [1.82, 2.24) is 29.9 Å². The average molecular weight is 490 g/mol. The Morgan fingerprint density at radius 1 is 1.06 bits per heavy atom. The van der Waals surface area contributed by atoms with E-state index in [4.69, 9.17) is 4.74 Å². The molecule has 0 saturated carbocycles. The topological polar surface area (TPSA) is 122 Å². The van der Waals surface area contributed by atoms with Crippen LogP contribution < -0.4 is 21.1 Å². The van der Waals surface area contributed by atoms with E-state index in [9.17, 15) is 9.18 Å². The zero-order chi connectivity index (χ0) is 24.9. The Labute approximate surface area is 206 Å². The third-order valence-electron chi connectivity index (χ3n) is 5.46. The molecule has 4 aromatic rings. The van der Waals surface area contributed by atoms with Crippen molar-refractivity contribution in [3.63, 3.8) is 0 Å². The number of ether oxygens (including phenoxy) is 1. The van der Waals surface area contributed by atoms with Crippen LogP contribution in [-0.4, -0.2) is 56.7 Å². The molecule has 0 unspecified atom stereocenters. The van der Waals surface area contributed by atoms with Crippen molar-refractivity contribution in [2.75, 3.05) is 41.9 Å². The number of nitrogens with zero attached hydrogens (tertiary/aromatic N) is 6. The van der Waals surface area contributed by atoms with Gasteiger partial charge < -0.3 is 19.5 Å². The third-order valence-corrected chi connectivity index (χ3v) is 5.46. The number of hydrogen-bond acceptors (Lipinski definition) is 9. The van der Waals surface area contributed by atoms with Crippen LogP contribution in [0.15, 0.2) is 61.3 Å². The summed E-state index contributed by atoms with van der Waals surface area (Å²) in [6.07, 6.45) is 6.34. The van der Waals surface area contributed by atoms with E-state index >= 15 is 0 Å². The number of benzene rings is 1. The van der Waals surface area contributed by atoms with Gasteiger partial charge in [0.05, 0.1) is 43.3 Å². The fourth-order valence-electron chi connectivity index (χ4n) is 3.67. The summed E-state index contributed by atoms with van der Waals surface area (Å²) in [5.74, 6) is -0.799. The molecule has 3 N–H and O–H groups in total. The Hall–Kier alpha value is -4.58. The predicted octanol–water partition coefficient (Wildman–Crippen LogP) is 2.84. The van der Waals surface area contributed by atoms with Gasteiger partial charge in [-0.15, -0.1) is 0 Å². The minimum absolute atomic E-state index is 0.0671. The number of hydrazine groups is 1. The summed E-state index contributed by atoms with van der Waals surface area (Å²) in [5.41, 5.74) is 8.78. The molecule has 36 heavy (non-hydrogen) atoms. The first kappa shape index (κ1) is 23.2. The first-order valence-electron chi connectivity index (χ1n) is 11.3. The highest BCUT2D eigenvalue weighted by molar-refractivity contribution is 5.93. The molecule has 3 aromatic heterocycles. The maximum atomic E-state index is 14.2. The number of aryl methyl sites for hydroxylation is 1. The van der Waals surface area contributed by atoms with Crippen molar-refractivity contribution >= 4 is 29.0 Å². The summed E-state index contributed by atoms with van der Waals surface area (Å²) in [7, 11) is 0. The van der Waals surface area contributed by atoms with E-state index in [2.05, 4.69) is 36.1 Å². The van der Waals surface area contributed by atoms with Crippen LogP contribution in [-0.2, 0) is 4.74 Å². The highest BCUT2D eigenvalue weighted by atomic mass is 19.1. The fourth-order valence-corrected chi connectivity index (χ4v) is 3.67. The third kappa shape index (κ3) is 5.39. The zero-order valence-corrected chi connectivity index (χ0v) is 19.5. The average Bonchev–Trinajstić information content (AvgIpc) is 3.35. The molecule has 1 aromatic carbocycles. The molecule has 1 fully saturated rings. The summed E-state index contributed by atoms with van der Waals surface area (Å²) in [5, 5.41) is 3.27. The zero-order valence-electron chi connectivity index (χ0n) is 19.5. The lowest BCUT2D eigenvalue weighted by Crippen LogP contribution is -2.38. The van der Waals surface area contributed by atoms with Crippen LogP contribution in [0.3, 0.4) is 0 Å². The monoisotopic (exact) mass is 489 g/mol. The van der Waals surface area contributed by atoms with Gasteiger partial charge in [0, 0.05) is 30.7 Å². The summed E-state index contributed by atoms with van der Waals surface area (Å²) in [6.45, 7) is 3.98. The Morgan fingerprint density at radius 3 is 2.67 bits per heavy atom. The summed E-state index contributed by atoms with van der Waals surface area (Å²) < 4.78 is 21.4. The Bertz CT molecular complexity index is 1350. The highest BCUT2D eigenvalue weighted by Gasteiger charge is 2.18. The lowest BCUT2D eigenvalue weighted by molar-refractivity contribution is 0.0957. The van der Waals surface area contributed by atoms with E-state index < -0.39 is 11.7 Å². The normalized spacial score (nSPS) is 13.3. The largest absolute Gasteiger partial charge is 0.378 e. The fraction of sp³-hybridized carbons (Fsp3) is 0.208. The van der Waals surface area contributed by atoms with Crippen molar-refractivity contribution in [3.05, 3.63) is 78.5 Å². The van der Waals surface area contributed by atoms with Crippen molar-refractivity contribution in [1.29, 1.82) is 0 Å². The number of amides is 1. The Balaban J connectivity index is 1.20. The molecule has 0 spiro atoms. The molecular formula is C24H24FN9O2. The number of pyridine rings is 1. The van der Waals surface area contributed by atoms with Crippen molar-refractivity contribution in [3.8, 4) is 5.69 Å². The molecule has 0 bridgehead atoms. The van der Waals surface area contributed by atoms with Crippen molar-refractivity contribution < 1.29 is 13.9 Å². The number of anilines is 4. The number of hydrogen-bond donors (Lipinski definition) is 3. The molecule has 1 aliphatic heterocycles. The minimum Gasteiger partial charge on any atom is -0.378 e. The molecule has 0 atom stereocenters. The molecule has 0 radical (unpaired) electrons. The van der Waals surface area contributed by atoms with Crippen molar-refractivity contribution in [2.45, 2.75) is 6.92 Å². The van der Waals surface area contributed by atoms with Gasteiger partial charge in [0.25, 0.3) is 5.91 Å². The molecule has 4 heterocycles. The van der Waals surface area contributed by atoms with E-state index in [0.717, 1.165) is 29.0 Å². The van der Waals surface area contributed by atoms with Gasteiger partial charge in [-0.25, -0.2) is 19.3 Å². The first-order valence-corrected chi connectivity index (χ1v) is 11.3. The lowest BCUT2D eigenvalue weighted by atomic mass is 10.2. The number of nitrogens with one attached hydrogen (secondary N) is 3. The van der Waals surface area contributed by atoms with Gasteiger partial charge >= 0.3 is 0 Å². The first-order chi connectivity index (χ1) is 17.5. The highest BCUT2D eigenvalue weighted by Crippen LogP contribution is 2.20. The maximum absolute atomic E-state index is 14.2. The van der Waals surface area contributed by atoms with Crippen LogP contribution in [0.4, 0.5) is 27.5 Å². The van der Waals surface area contributed by atoms with E-state index in [1.807, 2.05) is 42.0 Å². The van der Waals surface area contributed by atoms with E-state index in [1.165, 1.54) is 0 Å². The van der Waals surface area contributed by atoms with Gasteiger partial charge in [-0.1, -0.05) is 6.07 Å². The lowest BCUT2D eigenvalue weighted by Gasteiger charge is -2.28. The van der Waals surface area contributed by atoms with Gasteiger partial charge in [-0.3, -0.25) is 15.6 Å². The summed E-state index contributed by atoms with van der Waals surface area (Å²) in [4.78, 5) is 30.8. The smallest absolute Gasteiger partial charge is 0.288 e. The molecule has 184 valence electrons. The Kier molecular flexibility index (Phi) is 6.67. The molecule has 1 saturated heterocycles. The number of carbonyl (C=O) groups is 1. The molecule has 12 heteroatoms. The number of morpholine rings is 1. The molecule has 1 amide bonds. The second-order valence-corrected chi connectivity index (χ2v) is 8.07. The molecule has 11 nitrogen and oxygen atoms in total. The SMILES string of the molecule is Cc1cn(-c2cccc(Nc3ccc(C(=O)NNc4ncc(F)c(N5CCOCC5)n4)nc3)c2)cn1. The van der Waals surface area contributed by atoms with Crippen LogP contribution in [0, 0.1) is 12.7 Å². The Morgan fingerprint density at radius 2 is 1.92 bits per heavy atom. The summed E-state index contributed by atoms with van der Waals surface area (Å²) >= 11 is 0. The van der Waals surface area contributed by atoms with Crippen LogP contribution in [0.2, 0.25) is 0 Å².